The molecule has 0 radical (unpaired) electrons. The van der Waals surface area contributed by atoms with Gasteiger partial charge in [0.1, 0.15) is 0 Å². The fourth-order valence-corrected chi connectivity index (χ4v) is 1.48. The van der Waals surface area contributed by atoms with Gasteiger partial charge in [0.15, 0.2) is 0 Å². The molecular weight excluding hydrogens is 220 g/mol. The Morgan fingerprint density at radius 1 is 1.35 bits per heavy atom. The first-order valence-electron chi connectivity index (χ1n) is 5.26. The fraction of sp³-hybridized carbons (Fsp3) is 0.333. The fourth-order valence-electron chi connectivity index (χ4n) is 1.48. The Morgan fingerprint density at radius 2 is 1.94 bits per heavy atom. The minimum Gasteiger partial charge on any atom is -0.478 e. The van der Waals surface area contributed by atoms with Crippen LogP contribution in [0.2, 0.25) is 0 Å². The summed E-state index contributed by atoms with van der Waals surface area (Å²) in [6.45, 7) is 1.72. The molecular formula is C12H16N2O3. The van der Waals surface area contributed by atoms with Crippen molar-refractivity contribution in [3.63, 3.8) is 0 Å². The quantitative estimate of drug-likeness (QED) is 0.816. The van der Waals surface area contributed by atoms with E-state index in [1.165, 1.54) is 11.0 Å². The highest BCUT2D eigenvalue weighted by Gasteiger charge is 2.21. The molecule has 0 aromatic heterocycles. The van der Waals surface area contributed by atoms with Gasteiger partial charge in [0.2, 0.25) is 5.91 Å². The van der Waals surface area contributed by atoms with E-state index >= 15 is 0 Å². The summed E-state index contributed by atoms with van der Waals surface area (Å²) in [4.78, 5) is 24.3. The summed E-state index contributed by atoms with van der Waals surface area (Å²) < 4.78 is 0. The molecule has 0 aliphatic rings. The van der Waals surface area contributed by atoms with Crippen LogP contribution in [0.5, 0.6) is 0 Å². The highest BCUT2D eigenvalue weighted by atomic mass is 16.4. The summed E-state index contributed by atoms with van der Waals surface area (Å²) >= 11 is 0. The molecule has 0 spiro atoms. The lowest BCUT2D eigenvalue weighted by Crippen LogP contribution is -2.42. The number of aromatic carboxylic acids is 1. The molecule has 1 unspecified atom stereocenters. The zero-order chi connectivity index (χ0) is 13.0. The predicted molar refractivity (Wildman–Crippen MR) is 65.3 cm³/mol. The highest BCUT2D eigenvalue weighted by Crippen LogP contribution is 2.19. The van der Waals surface area contributed by atoms with E-state index in [9.17, 15) is 9.59 Å². The Balaban J connectivity index is 3.08. The summed E-state index contributed by atoms with van der Waals surface area (Å²) in [5, 5.41) is 11.9. The zero-order valence-corrected chi connectivity index (χ0v) is 10.1. The van der Waals surface area contributed by atoms with E-state index in [-0.39, 0.29) is 17.5 Å². The SMILES string of the molecule is CNC(C)C(=O)N(C)c1ccccc1C(=O)O. The Hall–Kier alpha value is -1.88. The van der Waals surface area contributed by atoms with Crippen LogP contribution in [0, 0.1) is 0 Å². The van der Waals surface area contributed by atoms with Gasteiger partial charge in [0.25, 0.3) is 0 Å². The summed E-state index contributed by atoms with van der Waals surface area (Å²) in [5.74, 6) is -1.22. The minimum absolute atomic E-state index is 0.117. The molecule has 0 heterocycles. The summed E-state index contributed by atoms with van der Waals surface area (Å²) in [6, 6.07) is 6.07. The normalized spacial score (nSPS) is 11.9. The van der Waals surface area contributed by atoms with Gasteiger partial charge in [-0.3, -0.25) is 4.79 Å². The smallest absolute Gasteiger partial charge is 0.337 e. The molecule has 2 N–H and O–H groups in total. The number of carbonyl (C=O) groups is 2. The predicted octanol–water partition coefficient (Wildman–Crippen LogP) is 0.955. The van der Waals surface area contributed by atoms with Gasteiger partial charge in [-0.25, -0.2) is 4.79 Å². The molecule has 5 heteroatoms. The second-order valence-electron chi connectivity index (χ2n) is 3.73. The van der Waals surface area contributed by atoms with E-state index in [4.69, 9.17) is 5.11 Å². The molecule has 0 fully saturated rings. The van der Waals surface area contributed by atoms with Gasteiger partial charge < -0.3 is 15.3 Å². The highest BCUT2D eigenvalue weighted by molar-refractivity contribution is 6.03. The Labute approximate surface area is 100 Å². The largest absolute Gasteiger partial charge is 0.478 e. The van der Waals surface area contributed by atoms with Crippen molar-refractivity contribution in [1.29, 1.82) is 0 Å². The maximum Gasteiger partial charge on any atom is 0.337 e. The lowest BCUT2D eigenvalue weighted by Gasteiger charge is -2.22. The molecule has 1 aromatic rings. The first-order valence-corrected chi connectivity index (χ1v) is 5.26. The molecule has 17 heavy (non-hydrogen) atoms. The number of hydrogen-bond donors (Lipinski definition) is 2. The van der Waals surface area contributed by atoms with Crippen LogP contribution in [0.4, 0.5) is 5.69 Å². The third-order valence-corrected chi connectivity index (χ3v) is 2.63. The maximum absolute atomic E-state index is 11.9. The maximum atomic E-state index is 11.9. The van der Waals surface area contributed by atoms with E-state index in [0.29, 0.717) is 5.69 Å². The van der Waals surface area contributed by atoms with Gasteiger partial charge in [-0.2, -0.15) is 0 Å². The third-order valence-electron chi connectivity index (χ3n) is 2.63. The average molecular weight is 236 g/mol. The van der Waals surface area contributed by atoms with Gasteiger partial charge in [0, 0.05) is 7.05 Å². The lowest BCUT2D eigenvalue weighted by molar-refractivity contribution is -0.119. The molecule has 1 rings (SSSR count). The first kappa shape index (κ1) is 13.2. The number of hydrogen-bond acceptors (Lipinski definition) is 3. The van der Waals surface area contributed by atoms with Crippen LogP contribution in [0.3, 0.4) is 0 Å². The molecule has 0 aliphatic carbocycles. The van der Waals surface area contributed by atoms with Gasteiger partial charge >= 0.3 is 5.97 Å². The zero-order valence-electron chi connectivity index (χ0n) is 10.1. The van der Waals surface area contributed by atoms with Crippen molar-refractivity contribution in [3.05, 3.63) is 29.8 Å². The number of nitrogens with zero attached hydrogens (tertiary/aromatic N) is 1. The molecule has 92 valence electrons. The van der Waals surface area contributed by atoms with E-state index in [2.05, 4.69) is 5.32 Å². The number of anilines is 1. The van der Waals surface area contributed by atoms with Crippen molar-refractivity contribution in [2.45, 2.75) is 13.0 Å². The van der Waals surface area contributed by atoms with Crippen molar-refractivity contribution >= 4 is 17.6 Å². The number of benzene rings is 1. The van der Waals surface area contributed by atoms with E-state index in [0.717, 1.165) is 0 Å². The van der Waals surface area contributed by atoms with Gasteiger partial charge in [0.05, 0.1) is 17.3 Å². The topological polar surface area (TPSA) is 69.6 Å². The minimum atomic E-state index is -1.04. The number of para-hydroxylation sites is 1. The second-order valence-corrected chi connectivity index (χ2v) is 3.73. The molecule has 0 saturated heterocycles. The Bertz CT molecular complexity index is 432. The third kappa shape index (κ3) is 2.82. The van der Waals surface area contributed by atoms with Crippen LogP contribution < -0.4 is 10.2 Å². The van der Waals surface area contributed by atoms with Gasteiger partial charge in [-0.15, -0.1) is 0 Å². The first-order chi connectivity index (χ1) is 7.99. The summed E-state index contributed by atoms with van der Waals surface area (Å²) in [5.41, 5.74) is 0.513. The lowest BCUT2D eigenvalue weighted by atomic mass is 10.1. The van der Waals surface area contributed by atoms with E-state index in [1.807, 2.05) is 0 Å². The van der Waals surface area contributed by atoms with E-state index in [1.54, 1.807) is 39.2 Å². The number of carboxylic acid groups (broad SMARTS) is 1. The number of rotatable bonds is 4. The molecule has 0 bridgehead atoms. The van der Waals surface area contributed by atoms with Crippen molar-refractivity contribution in [3.8, 4) is 0 Å². The van der Waals surface area contributed by atoms with Crippen molar-refractivity contribution in [2.75, 3.05) is 19.0 Å². The van der Waals surface area contributed by atoms with Crippen LogP contribution in [-0.4, -0.2) is 37.1 Å². The van der Waals surface area contributed by atoms with Crippen LogP contribution >= 0.6 is 0 Å². The van der Waals surface area contributed by atoms with Gasteiger partial charge in [-0.05, 0) is 26.1 Å². The molecule has 0 aliphatic heterocycles. The van der Waals surface area contributed by atoms with E-state index < -0.39 is 5.97 Å². The number of likely N-dealkylation sites (N-methyl/N-ethyl adjacent to an activating group) is 2. The molecule has 0 saturated carbocycles. The molecule has 5 nitrogen and oxygen atoms in total. The van der Waals surface area contributed by atoms with Crippen LogP contribution in [0.25, 0.3) is 0 Å². The average Bonchev–Trinajstić information content (AvgIpc) is 2.35. The number of nitrogens with one attached hydrogen (secondary N) is 1. The van der Waals surface area contributed by atoms with Crippen molar-refractivity contribution in [1.82, 2.24) is 5.32 Å². The molecule has 1 amide bonds. The standard InChI is InChI=1S/C12H16N2O3/c1-8(13-2)11(15)14(3)10-7-5-4-6-9(10)12(16)17/h4-8,13H,1-3H3,(H,16,17). The monoisotopic (exact) mass is 236 g/mol. The number of amides is 1. The Morgan fingerprint density at radius 3 is 2.47 bits per heavy atom. The van der Waals surface area contributed by atoms with Crippen molar-refractivity contribution in [2.24, 2.45) is 0 Å². The van der Waals surface area contributed by atoms with Crippen LogP contribution in [0.1, 0.15) is 17.3 Å². The summed E-state index contributed by atoms with van der Waals surface area (Å²) in [6.07, 6.45) is 0. The molecule has 1 aromatic carbocycles. The van der Waals surface area contributed by atoms with Crippen LogP contribution in [-0.2, 0) is 4.79 Å². The van der Waals surface area contributed by atoms with Crippen LogP contribution in [0.15, 0.2) is 24.3 Å². The van der Waals surface area contributed by atoms with Gasteiger partial charge in [-0.1, -0.05) is 12.1 Å². The number of carbonyl (C=O) groups excluding carboxylic acids is 1. The second kappa shape index (κ2) is 5.45. The number of carboxylic acids is 1. The summed E-state index contributed by atoms with van der Waals surface area (Å²) in [7, 11) is 3.25. The van der Waals surface area contributed by atoms with Crippen molar-refractivity contribution < 1.29 is 14.7 Å². The molecule has 1 atom stereocenters. The Kier molecular flexibility index (Phi) is 4.23.